The zero-order valence-electron chi connectivity index (χ0n) is 9.82. The van der Waals surface area contributed by atoms with E-state index in [1.807, 2.05) is 27.7 Å². The molecule has 0 bridgehead atoms. The molecule has 3 heteroatoms. The Morgan fingerprint density at radius 1 is 1.40 bits per heavy atom. The summed E-state index contributed by atoms with van der Waals surface area (Å²) in [6.45, 7) is 8.43. The van der Waals surface area contributed by atoms with Gasteiger partial charge in [0.25, 0.3) is 0 Å². The predicted octanol–water partition coefficient (Wildman–Crippen LogP) is 2.39. The van der Waals surface area contributed by atoms with Crippen LogP contribution in [-0.4, -0.2) is 22.9 Å². The maximum atomic E-state index is 10.1. The lowest BCUT2D eigenvalue weighted by Gasteiger charge is -2.35. The smallest absolute Gasteiger partial charge is 0.129 e. The molecule has 0 radical (unpaired) electrons. The minimum atomic E-state index is -0.666. The van der Waals surface area contributed by atoms with Gasteiger partial charge < -0.3 is 14.9 Å². The molecule has 15 heavy (non-hydrogen) atoms. The van der Waals surface area contributed by atoms with Crippen molar-refractivity contribution >= 4 is 0 Å². The van der Waals surface area contributed by atoms with E-state index in [-0.39, 0.29) is 17.1 Å². The van der Waals surface area contributed by atoms with Gasteiger partial charge in [-0.2, -0.15) is 0 Å². The van der Waals surface area contributed by atoms with E-state index in [0.717, 1.165) is 0 Å². The van der Waals surface area contributed by atoms with Gasteiger partial charge in [-0.1, -0.05) is 20.8 Å². The van der Waals surface area contributed by atoms with Gasteiger partial charge in [0.15, 0.2) is 0 Å². The second-order valence-electron chi connectivity index (χ2n) is 4.91. The fourth-order valence-corrected chi connectivity index (χ4v) is 1.75. The third kappa shape index (κ3) is 2.75. The normalized spacial score (nSPS) is 27.0. The Kier molecular flexibility index (Phi) is 3.45. The molecule has 0 spiro atoms. The van der Waals surface area contributed by atoms with Crippen LogP contribution in [0.5, 0.6) is 0 Å². The zero-order chi connectivity index (χ0) is 11.6. The summed E-state index contributed by atoms with van der Waals surface area (Å²) in [6, 6.07) is 0. The maximum absolute atomic E-state index is 10.1. The predicted molar refractivity (Wildman–Crippen MR) is 59.4 cm³/mol. The third-order valence-corrected chi connectivity index (χ3v) is 2.58. The topological polar surface area (TPSA) is 49.7 Å². The van der Waals surface area contributed by atoms with Crippen molar-refractivity contribution in [1.82, 2.24) is 0 Å². The van der Waals surface area contributed by atoms with E-state index in [9.17, 15) is 10.2 Å². The largest absolute Gasteiger partial charge is 0.508 e. The van der Waals surface area contributed by atoms with Crippen molar-refractivity contribution in [2.45, 2.75) is 33.8 Å². The first kappa shape index (κ1) is 12.1. The lowest BCUT2D eigenvalue weighted by Crippen LogP contribution is -2.35. The van der Waals surface area contributed by atoms with E-state index in [1.165, 1.54) is 6.08 Å². The highest BCUT2D eigenvalue weighted by Gasteiger charge is 2.35. The molecule has 1 rings (SSSR count). The third-order valence-electron chi connectivity index (χ3n) is 2.58. The van der Waals surface area contributed by atoms with Crippen molar-refractivity contribution < 1.29 is 14.9 Å². The molecule has 0 amide bonds. The molecule has 0 aliphatic heterocycles. The minimum Gasteiger partial charge on any atom is -0.508 e. The summed E-state index contributed by atoms with van der Waals surface area (Å²) in [4.78, 5) is 0. The van der Waals surface area contributed by atoms with Crippen molar-refractivity contribution in [3.05, 3.63) is 23.7 Å². The SMILES string of the molecule is CCOC1=CC(O)=CC(C(C)(C)C)C1O. The van der Waals surface area contributed by atoms with Crippen LogP contribution < -0.4 is 0 Å². The van der Waals surface area contributed by atoms with Crippen LogP contribution in [0.15, 0.2) is 23.7 Å². The molecule has 0 saturated heterocycles. The Labute approximate surface area is 91.1 Å². The summed E-state index contributed by atoms with van der Waals surface area (Å²) in [6.07, 6.45) is 2.50. The van der Waals surface area contributed by atoms with Gasteiger partial charge >= 0.3 is 0 Å². The van der Waals surface area contributed by atoms with Crippen molar-refractivity contribution in [3.8, 4) is 0 Å². The molecular weight excluding hydrogens is 192 g/mol. The van der Waals surface area contributed by atoms with E-state index in [0.29, 0.717) is 12.4 Å². The Bertz CT molecular complexity index is 284. The van der Waals surface area contributed by atoms with Gasteiger partial charge in [0, 0.05) is 12.0 Å². The lowest BCUT2D eigenvalue weighted by atomic mass is 9.75. The maximum Gasteiger partial charge on any atom is 0.129 e. The molecule has 1 aliphatic rings. The van der Waals surface area contributed by atoms with Crippen molar-refractivity contribution in [3.63, 3.8) is 0 Å². The molecule has 1 aliphatic carbocycles. The quantitative estimate of drug-likeness (QED) is 0.739. The number of ether oxygens (including phenoxy) is 1. The average Bonchev–Trinajstić information content (AvgIpc) is 2.09. The van der Waals surface area contributed by atoms with Crippen LogP contribution in [0.25, 0.3) is 0 Å². The van der Waals surface area contributed by atoms with Crippen LogP contribution in [0, 0.1) is 11.3 Å². The molecule has 2 unspecified atom stereocenters. The second-order valence-corrected chi connectivity index (χ2v) is 4.91. The number of hydrogen-bond acceptors (Lipinski definition) is 3. The first-order valence-electron chi connectivity index (χ1n) is 5.29. The van der Waals surface area contributed by atoms with Crippen LogP contribution in [0.3, 0.4) is 0 Å². The first-order chi connectivity index (χ1) is 6.86. The van der Waals surface area contributed by atoms with Crippen LogP contribution in [0.2, 0.25) is 0 Å². The van der Waals surface area contributed by atoms with E-state index in [2.05, 4.69) is 0 Å². The summed E-state index contributed by atoms with van der Waals surface area (Å²) < 4.78 is 5.30. The number of hydrogen-bond donors (Lipinski definition) is 2. The highest BCUT2D eigenvalue weighted by Crippen LogP contribution is 2.36. The van der Waals surface area contributed by atoms with E-state index in [1.54, 1.807) is 6.08 Å². The van der Waals surface area contributed by atoms with Gasteiger partial charge in [-0.25, -0.2) is 0 Å². The minimum absolute atomic E-state index is 0.107. The summed E-state index contributed by atoms with van der Waals surface area (Å²) in [5.41, 5.74) is -0.107. The fourth-order valence-electron chi connectivity index (χ4n) is 1.75. The molecule has 86 valence electrons. The van der Waals surface area contributed by atoms with Gasteiger partial charge in [-0.15, -0.1) is 0 Å². The van der Waals surface area contributed by atoms with Gasteiger partial charge in [-0.3, -0.25) is 0 Å². The molecular formula is C12H20O3. The Hall–Kier alpha value is -0.960. The molecule has 0 fully saturated rings. The summed E-state index contributed by atoms with van der Waals surface area (Å²) in [5.74, 6) is 0.505. The number of allylic oxidation sites excluding steroid dienone is 1. The number of aliphatic hydroxyl groups is 2. The zero-order valence-corrected chi connectivity index (χ0v) is 9.82. The summed E-state index contributed by atoms with van der Waals surface area (Å²) in [5, 5.41) is 19.6. The Morgan fingerprint density at radius 2 is 2.00 bits per heavy atom. The van der Waals surface area contributed by atoms with E-state index >= 15 is 0 Å². The van der Waals surface area contributed by atoms with Gasteiger partial charge in [0.05, 0.1) is 6.61 Å². The van der Waals surface area contributed by atoms with Crippen molar-refractivity contribution in [2.75, 3.05) is 6.61 Å². The molecule has 3 nitrogen and oxygen atoms in total. The Morgan fingerprint density at radius 3 is 2.47 bits per heavy atom. The van der Waals surface area contributed by atoms with Crippen LogP contribution in [0.4, 0.5) is 0 Å². The number of rotatable bonds is 2. The number of aliphatic hydroxyl groups excluding tert-OH is 2. The molecule has 0 heterocycles. The lowest BCUT2D eigenvalue weighted by molar-refractivity contribution is 0.0376. The molecule has 2 atom stereocenters. The second kappa shape index (κ2) is 4.27. The van der Waals surface area contributed by atoms with Crippen LogP contribution in [-0.2, 0) is 4.74 Å². The first-order valence-corrected chi connectivity index (χ1v) is 5.29. The van der Waals surface area contributed by atoms with Crippen molar-refractivity contribution in [1.29, 1.82) is 0 Å². The standard InChI is InChI=1S/C12H20O3/c1-5-15-10-7-8(13)6-9(11(10)14)12(2,3)4/h6-7,9,11,13-14H,5H2,1-4H3. The molecule has 2 N–H and O–H groups in total. The summed E-state index contributed by atoms with van der Waals surface area (Å²) >= 11 is 0. The van der Waals surface area contributed by atoms with E-state index in [4.69, 9.17) is 4.74 Å². The van der Waals surface area contributed by atoms with Gasteiger partial charge in [-0.05, 0) is 18.4 Å². The average molecular weight is 212 g/mol. The van der Waals surface area contributed by atoms with Crippen LogP contribution in [0.1, 0.15) is 27.7 Å². The highest BCUT2D eigenvalue weighted by molar-refractivity contribution is 5.26. The fraction of sp³-hybridized carbons (Fsp3) is 0.667. The van der Waals surface area contributed by atoms with E-state index < -0.39 is 6.10 Å². The highest BCUT2D eigenvalue weighted by atomic mass is 16.5. The van der Waals surface area contributed by atoms with Crippen molar-refractivity contribution in [2.24, 2.45) is 11.3 Å². The summed E-state index contributed by atoms with van der Waals surface area (Å²) in [7, 11) is 0. The van der Waals surface area contributed by atoms with Gasteiger partial charge in [0.1, 0.15) is 17.6 Å². The molecule has 0 aromatic heterocycles. The molecule has 0 aromatic rings. The monoisotopic (exact) mass is 212 g/mol. The van der Waals surface area contributed by atoms with Crippen LogP contribution >= 0.6 is 0 Å². The molecule has 0 saturated carbocycles. The van der Waals surface area contributed by atoms with Gasteiger partial charge in [0.2, 0.25) is 0 Å². The Balaban J connectivity index is 2.93. The molecule has 0 aromatic carbocycles.